The Hall–Kier alpha value is -2.69. The average Bonchev–Trinajstić information content (AvgIpc) is 3.17. The molecule has 0 saturated heterocycles. The number of aromatic nitrogens is 3. The maximum atomic E-state index is 13.2. The van der Waals surface area contributed by atoms with Crippen LogP contribution in [-0.4, -0.2) is 52.7 Å². The molecule has 0 fully saturated rings. The van der Waals surface area contributed by atoms with Crippen molar-refractivity contribution in [3.8, 4) is 0 Å². The number of benzene rings is 2. The average molecular weight is 460 g/mol. The van der Waals surface area contributed by atoms with Crippen LogP contribution in [0.5, 0.6) is 0 Å². The summed E-state index contributed by atoms with van der Waals surface area (Å²) in [5, 5.41) is 10.2. The lowest BCUT2D eigenvalue weighted by atomic mass is 10.2. The van der Waals surface area contributed by atoms with Crippen LogP contribution in [0, 0.1) is 13.8 Å². The zero-order valence-electron chi connectivity index (χ0n) is 17.4. The van der Waals surface area contributed by atoms with E-state index in [1.807, 2.05) is 44.2 Å². The number of sulfonamides is 1. The van der Waals surface area contributed by atoms with Gasteiger partial charge in [-0.1, -0.05) is 59.8 Å². The molecule has 8 nitrogen and oxygen atoms in total. The van der Waals surface area contributed by atoms with Gasteiger partial charge in [0.05, 0.1) is 11.4 Å². The van der Waals surface area contributed by atoms with Crippen LogP contribution in [0.3, 0.4) is 0 Å². The van der Waals surface area contributed by atoms with Gasteiger partial charge in [0.25, 0.3) is 0 Å². The number of amides is 1. The quantitative estimate of drug-likeness (QED) is 0.356. The molecule has 1 amide bonds. The second kappa shape index (κ2) is 10.6. The Labute approximate surface area is 186 Å². The van der Waals surface area contributed by atoms with Gasteiger partial charge in [-0.15, -0.1) is 5.10 Å². The first-order valence-corrected chi connectivity index (χ1v) is 12.2. The lowest BCUT2D eigenvalue weighted by Crippen LogP contribution is -2.40. The lowest BCUT2D eigenvalue weighted by Gasteiger charge is -2.22. The summed E-state index contributed by atoms with van der Waals surface area (Å²) >= 11 is 1.41. The maximum Gasteiger partial charge on any atom is 0.243 e. The summed E-state index contributed by atoms with van der Waals surface area (Å²) in [5.41, 5.74) is 1.77. The van der Waals surface area contributed by atoms with Crippen molar-refractivity contribution in [2.45, 2.75) is 30.4 Å². The van der Waals surface area contributed by atoms with Crippen molar-refractivity contribution in [3.63, 3.8) is 0 Å². The molecule has 0 radical (unpaired) electrons. The van der Waals surface area contributed by atoms with E-state index in [9.17, 15) is 13.2 Å². The summed E-state index contributed by atoms with van der Waals surface area (Å²) in [6.45, 7) is 3.92. The first kappa shape index (κ1) is 23.0. The number of carbonyl (C=O) groups excluding carboxylic acids is 1. The molecular formula is C21H25N5O3S2. The van der Waals surface area contributed by atoms with E-state index in [1.54, 1.807) is 24.3 Å². The van der Waals surface area contributed by atoms with Crippen LogP contribution >= 0.6 is 11.8 Å². The second-order valence-corrected chi connectivity index (χ2v) is 9.97. The highest BCUT2D eigenvalue weighted by Gasteiger charge is 2.26. The van der Waals surface area contributed by atoms with Gasteiger partial charge in [0.1, 0.15) is 5.82 Å². The number of nitrogens with zero attached hydrogens (tertiary/aromatic N) is 3. The molecule has 3 aromatic rings. The highest BCUT2D eigenvalue weighted by molar-refractivity contribution is 7.99. The van der Waals surface area contributed by atoms with Crippen LogP contribution in [0.1, 0.15) is 17.0 Å². The molecule has 10 heteroatoms. The molecule has 164 valence electrons. The molecule has 0 aliphatic heterocycles. The Morgan fingerprint density at radius 1 is 1.10 bits per heavy atom. The topological polar surface area (TPSA) is 108 Å². The monoisotopic (exact) mass is 459 g/mol. The smallest absolute Gasteiger partial charge is 0.243 e. The normalized spacial score (nSPS) is 11.6. The van der Waals surface area contributed by atoms with E-state index in [1.165, 1.54) is 16.1 Å². The van der Waals surface area contributed by atoms with Gasteiger partial charge in [0.15, 0.2) is 0 Å². The number of thioether (sulfide) groups is 1. The number of nitrogens with one attached hydrogen (secondary N) is 2. The maximum absolute atomic E-state index is 13.2. The second-order valence-electron chi connectivity index (χ2n) is 6.97. The number of aromatic amines is 1. The molecule has 2 N–H and O–H groups in total. The summed E-state index contributed by atoms with van der Waals surface area (Å²) < 4.78 is 27.6. The molecule has 0 aliphatic carbocycles. The summed E-state index contributed by atoms with van der Waals surface area (Å²) in [4.78, 5) is 16.9. The SMILES string of the molecule is Cc1ccc(S(=O)(=O)N(CC(=O)NCCSc2n[nH]c(C)n2)Cc2ccccc2)cc1. The molecule has 0 atom stereocenters. The Morgan fingerprint density at radius 2 is 1.81 bits per heavy atom. The summed E-state index contributed by atoms with van der Waals surface area (Å²) in [6, 6.07) is 15.8. The fourth-order valence-electron chi connectivity index (χ4n) is 2.81. The molecule has 3 rings (SSSR count). The Kier molecular flexibility index (Phi) is 7.83. The van der Waals surface area contributed by atoms with E-state index in [2.05, 4.69) is 20.5 Å². The largest absolute Gasteiger partial charge is 0.354 e. The van der Waals surface area contributed by atoms with Crippen LogP contribution < -0.4 is 5.32 Å². The summed E-state index contributed by atoms with van der Waals surface area (Å²) in [6.07, 6.45) is 0. The summed E-state index contributed by atoms with van der Waals surface area (Å²) in [7, 11) is -3.84. The highest BCUT2D eigenvalue weighted by Crippen LogP contribution is 2.19. The number of hydrogen-bond donors (Lipinski definition) is 2. The molecule has 1 heterocycles. The first-order valence-electron chi connectivity index (χ1n) is 9.74. The van der Waals surface area contributed by atoms with Gasteiger partial charge in [-0.25, -0.2) is 13.4 Å². The van der Waals surface area contributed by atoms with E-state index in [4.69, 9.17) is 0 Å². The van der Waals surface area contributed by atoms with E-state index in [0.717, 1.165) is 17.0 Å². The van der Waals surface area contributed by atoms with Gasteiger partial charge in [-0.3, -0.25) is 9.89 Å². The van der Waals surface area contributed by atoms with Crippen molar-refractivity contribution >= 4 is 27.7 Å². The number of H-pyrrole nitrogens is 1. The Bertz CT molecular complexity index is 1100. The van der Waals surface area contributed by atoms with E-state index < -0.39 is 10.0 Å². The summed E-state index contributed by atoms with van der Waals surface area (Å²) in [5.74, 6) is 0.940. The predicted octanol–water partition coefficient (Wildman–Crippen LogP) is 2.52. The molecule has 0 bridgehead atoms. The van der Waals surface area contributed by atoms with Gasteiger partial charge < -0.3 is 5.32 Å². The van der Waals surface area contributed by atoms with E-state index in [0.29, 0.717) is 17.5 Å². The first-order chi connectivity index (χ1) is 14.8. The van der Waals surface area contributed by atoms with Crippen LogP contribution in [0.25, 0.3) is 0 Å². The van der Waals surface area contributed by atoms with Gasteiger partial charge in [0, 0.05) is 18.8 Å². The third-order valence-electron chi connectivity index (χ3n) is 4.41. The van der Waals surface area contributed by atoms with Crippen LogP contribution in [0.2, 0.25) is 0 Å². The number of carbonyl (C=O) groups is 1. The Balaban J connectivity index is 1.65. The minimum Gasteiger partial charge on any atom is -0.354 e. The van der Waals surface area contributed by atoms with Gasteiger partial charge in [-0.05, 0) is 31.5 Å². The van der Waals surface area contributed by atoms with E-state index in [-0.39, 0.29) is 23.9 Å². The fourth-order valence-corrected chi connectivity index (χ4v) is 4.89. The van der Waals surface area contributed by atoms with Crippen molar-refractivity contribution in [2.75, 3.05) is 18.8 Å². The zero-order chi connectivity index (χ0) is 22.3. The third-order valence-corrected chi connectivity index (χ3v) is 7.07. The molecule has 0 spiro atoms. The van der Waals surface area contributed by atoms with Crippen LogP contribution in [-0.2, 0) is 21.4 Å². The van der Waals surface area contributed by atoms with Gasteiger partial charge in [0.2, 0.25) is 21.1 Å². The van der Waals surface area contributed by atoms with Gasteiger partial charge in [-0.2, -0.15) is 4.31 Å². The molecular weight excluding hydrogens is 434 g/mol. The van der Waals surface area contributed by atoms with Crippen molar-refractivity contribution in [2.24, 2.45) is 0 Å². The molecule has 0 saturated carbocycles. The van der Waals surface area contributed by atoms with Crippen molar-refractivity contribution in [1.29, 1.82) is 0 Å². The number of rotatable bonds is 10. The molecule has 31 heavy (non-hydrogen) atoms. The molecule has 0 aliphatic rings. The predicted molar refractivity (Wildman–Crippen MR) is 120 cm³/mol. The Morgan fingerprint density at radius 3 is 2.45 bits per heavy atom. The number of hydrogen-bond acceptors (Lipinski definition) is 6. The van der Waals surface area contributed by atoms with Gasteiger partial charge >= 0.3 is 0 Å². The molecule has 2 aromatic carbocycles. The van der Waals surface area contributed by atoms with Crippen molar-refractivity contribution < 1.29 is 13.2 Å². The number of aryl methyl sites for hydroxylation is 2. The van der Waals surface area contributed by atoms with Crippen molar-refractivity contribution in [1.82, 2.24) is 24.8 Å². The molecule has 1 aromatic heterocycles. The standard InChI is InChI=1S/C21H25N5O3S2/c1-16-8-10-19(11-9-16)31(28,29)26(14-18-6-4-3-5-7-18)15-20(27)22-12-13-30-21-23-17(2)24-25-21/h3-11H,12-15H2,1-2H3,(H,22,27)(H,23,24,25). The van der Waals surface area contributed by atoms with Crippen LogP contribution in [0.4, 0.5) is 0 Å². The third kappa shape index (κ3) is 6.65. The minimum atomic E-state index is -3.84. The molecule has 0 unspecified atom stereocenters. The minimum absolute atomic E-state index is 0.107. The van der Waals surface area contributed by atoms with Crippen molar-refractivity contribution in [3.05, 3.63) is 71.5 Å². The lowest BCUT2D eigenvalue weighted by molar-refractivity contribution is -0.121. The highest BCUT2D eigenvalue weighted by atomic mass is 32.2. The zero-order valence-corrected chi connectivity index (χ0v) is 19.0. The fraction of sp³-hybridized carbons (Fsp3) is 0.286. The van der Waals surface area contributed by atoms with E-state index >= 15 is 0 Å². The van der Waals surface area contributed by atoms with Crippen LogP contribution in [0.15, 0.2) is 64.6 Å².